The number of rotatable bonds is 0. The molecule has 1 rings (SSSR count). The molecule has 0 aliphatic rings. The molecule has 7 nitrogen and oxygen atoms in total. The van der Waals surface area contributed by atoms with E-state index >= 15 is 0 Å². The van der Waals surface area contributed by atoms with Crippen molar-refractivity contribution >= 4 is 0 Å². The first-order valence-corrected chi connectivity index (χ1v) is 3.26. The molecule has 0 aliphatic carbocycles. The molecule has 0 N–H and O–H groups in total. The van der Waals surface area contributed by atoms with E-state index in [9.17, 15) is 0 Å². The number of hydrogen-bond acceptors (Lipinski definition) is 2. The summed E-state index contributed by atoms with van der Waals surface area (Å²) in [6.07, 6.45) is 1.60. The molecule has 0 saturated carbocycles. The van der Waals surface area contributed by atoms with Crippen LogP contribution < -0.4 is 0 Å². The van der Waals surface area contributed by atoms with Gasteiger partial charge in [0, 0.05) is 27.3 Å². The molecule has 0 amide bonds. The normalized spacial score (nSPS) is 3.84. The van der Waals surface area contributed by atoms with E-state index in [2.05, 4.69) is 38.2 Å². The summed E-state index contributed by atoms with van der Waals surface area (Å²) >= 11 is 0. The summed E-state index contributed by atoms with van der Waals surface area (Å²) in [5.41, 5.74) is 0.465. The van der Waals surface area contributed by atoms with Gasteiger partial charge in [0.05, 0.1) is 0 Å². The summed E-state index contributed by atoms with van der Waals surface area (Å²) in [5.74, 6) is 0. The molecule has 1 aromatic heterocycles. The van der Waals surface area contributed by atoms with Crippen molar-refractivity contribution in [1.29, 1.82) is 5.26 Å². The van der Waals surface area contributed by atoms with Crippen molar-refractivity contribution in [2.24, 2.45) is 0 Å². The Morgan fingerprint density at radius 3 is 1.37 bits per heavy atom. The average Bonchev–Trinajstić information content (AvgIpc) is 2.57. The second kappa shape index (κ2) is 73.3. The molecule has 0 aromatic carbocycles. The van der Waals surface area contributed by atoms with Gasteiger partial charge in [0.1, 0.15) is 11.8 Å². The summed E-state index contributed by atoms with van der Waals surface area (Å²) in [7, 11) is 0. The molecule has 8 heteroatoms. The Hall–Kier alpha value is -1.97. The molecule has 94 valence electrons. The number of pyridine rings is 1. The van der Waals surface area contributed by atoms with Crippen LogP contribution in [0.25, 0.3) is 0 Å². The number of nitriles is 1. The first kappa shape index (κ1) is 36.0. The Morgan fingerprint density at radius 1 is 0.842 bits per heavy atom. The SMILES string of the molecule is N#Cc1ccccn1.[C-]#[O+].[C-]#[O+].[C-]#[O+].[C-]#[O+].[C-]#[O+].[W]. The molecule has 0 spiro atoms. The minimum Gasteiger partial charge on any atom is 0 e. The van der Waals surface area contributed by atoms with E-state index in [1.807, 2.05) is 6.07 Å². The predicted octanol–water partition coefficient (Wildman–Crippen LogP) is 0.763. The van der Waals surface area contributed by atoms with Crippen molar-refractivity contribution in [2.75, 3.05) is 0 Å². The summed E-state index contributed by atoms with van der Waals surface area (Å²) in [4.78, 5) is 3.74. The van der Waals surface area contributed by atoms with E-state index in [4.69, 9.17) is 28.5 Å². The van der Waals surface area contributed by atoms with Gasteiger partial charge in [-0.2, -0.15) is 5.26 Å². The number of aromatic nitrogens is 1. The fourth-order valence-corrected chi connectivity index (χ4v) is 0.429. The average molecular weight is 428 g/mol. The topological polar surface area (TPSA) is 136 Å². The van der Waals surface area contributed by atoms with Crippen LogP contribution in [0, 0.1) is 44.6 Å². The zero-order valence-corrected chi connectivity index (χ0v) is 12.1. The Kier molecular flexibility index (Phi) is 139. The Morgan fingerprint density at radius 2 is 1.21 bits per heavy atom. The Balaban J connectivity index is -0.0000000332. The third-order valence-corrected chi connectivity index (χ3v) is 0.779. The molecular formula is C11H4N2O5W. The van der Waals surface area contributed by atoms with Crippen LogP contribution in [-0.4, -0.2) is 4.98 Å². The van der Waals surface area contributed by atoms with Gasteiger partial charge in [-0.15, -0.1) is 0 Å². The first-order valence-electron chi connectivity index (χ1n) is 3.26. The monoisotopic (exact) mass is 428 g/mol. The summed E-state index contributed by atoms with van der Waals surface area (Å²) in [6.45, 7) is 22.5. The van der Waals surface area contributed by atoms with Crippen molar-refractivity contribution in [3.05, 3.63) is 63.3 Å². The van der Waals surface area contributed by atoms with Gasteiger partial charge < -0.3 is 0 Å². The minimum atomic E-state index is 0. The van der Waals surface area contributed by atoms with Gasteiger partial charge in [-0.1, -0.05) is 6.07 Å². The molecular weight excluding hydrogens is 424 g/mol. The second-order valence-corrected chi connectivity index (χ2v) is 1.33. The van der Waals surface area contributed by atoms with Crippen LogP contribution in [0.2, 0.25) is 0 Å². The van der Waals surface area contributed by atoms with E-state index in [0.717, 1.165) is 0 Å². The Bertz CT molecular complexity index is 355. The van der Waals surface area contributed by atoms with Crippen LogP contribution in [-0.2, 0) is 44.3 Å². The maximum absolute atomic E-state index is 8.23. The van der Waals surface area contributed by atoms with Gasteiger partial charge in [-0.3, -0.25) is 0 Å². The number of nitrogens with zero attached hydrogens (tertiary/aromatic N) is 2. The van der Waals surface area contributed by atoms with Gasteiger partial charge in [-0.05, 0) is 12.1 Å². The summed E-state index contributed by atoms with van der Waals surface area (Å²) < 4.78 is 37.5. The zero-order chi connectivity index (χ0) is 15.8. The smallest absolute Gasteiger partial charge is 0 e. The standard InChI is InChI=1S/C6H4N2.5CO.W/c7-5-6-3-1-2-4-8-6;5*1-2;/h1-4H;;;;;;. The molecule has 1 heterocycles. The van der Waals surface area contributed by atoms with Crippen molar-refractivity contribution < 1.29 is 44.3 Å². The predicted molar refractivity (Wildman–Crippen MR) is 48.6 cm³/mol. The van der Waals surface area contributed by atoms with Gasteiger partial charge in [0.15, 0.2) is 0 Å². The molecule has 0 aliphatic heterocycles. The fraction of sp³-hybridized carbons (Fsp3) is 0. The van der Waals surface area contributed by atoms with E-state index < -0.39 is 0 Å². The van der Waals surface area contributed by atoms with Crippen LogP contribution in [0.5, 0.6) is 0 Å². The molecule has 0 atom stereocenters. The molecule has 0 unspecified atom stereocenters. The maximum atomic E-state index is 8.23. The van der Waals surface area contributed by atoms with E-state index in [1.165, 1.54) is 0 Å². The van der Waals surface area contributed by atoms with Gasteiger partial charge in [0.25, 0.3) is 0 Å². The molecule has 19 heavy (non-hydrogen) atoms. The molecule has 0 fully saturated rings. The molecule has 0 radical (unpaired) electrons. The summed E-state index contributed by atoms with van der Waals surface area (Å²) in [5, 5.41) is 8.23. The van der Waals surface area contributed by atoms with E-state index in [0.29, 0.717) is 5.69 Å². The van der Waals surface area contributed by atoms with Crippen LogP contribution in [0.1, 0.15) is 5.69 Å². The molecule has 1 aromatic rings. The quantitative estimate of drug-likeness (QED) is 0.446. The zero-order valence-electron chi connectivity index (χ0n) is 9.15. The van der Waals surface area contributed by atoms with Crippen molar-refractivity contribution in [3.8, 4) is 6.07 Å². The molecule has 0 bridgehead atoms. The first-order chi connectivity index (χ1) is 8.93. The summed E-state index contributed by atoms with van der Waals surface area (Å²) in [6, 6.07) is 7.14. The van der Waals surface area contributed by atoms with E-state index in [1.54, 1.807) is 24.4 Å². The van der Waals surface area contributed by atoms with Crippen LogP contribution in [0.3, 0.4) is 0 Å². The van der Waals surface area contributed by atoms with Crippen LogP contribution in [0.4, 0.5) is 0 Å². The van der Waals surface area contributed by atoms with Crippen molar-refractivity contribution in [3.63, 3.8) is 0 Å². The Labute approximate surface area is 124 Å². The molecule has 0 saturated heterocycles. The minimum absolute atomic E-state index is 0. The van der Waals surface area contributed by atoms with Crippen molar-refractivity contribution in [1.82, 2.24) is 4.98 Å². The fourth-order valence-electron chi connectivity index (χ4n) is 0.429. The largest absolute Gasteiger partial charge is 0 e. The second-order valence-electron chi connectivity index (χ2n) is 1.33. The third-order valence-electron chi connectivity index (χ3n) is 0.779. The maximum Gasteiger partial charge on any atom is 0 e. The van der Waals surface area contributed by atoms with Crippen LogP contribution in [0.15, 0.2) is 24.4 Å². The number of hydrogen-bond donors (Lipinski definition) is 0. The van der Waals surface area contributed by atoms with Gasteiger partial charge in [-0.25, -0.2) is 4.98 Å². The third kappa shape index (κ3) is 48.9. The van der Waals surface area contributed by atoms with Crippen molar-refractivity contribution in [2.45, 2.75) is 0 Å². The van der Waals surface area contributed by atoms with Gasteiger partial charge >= 0.3 is 56.5 Å². The van der Waals surface area contributed by atoms with E-state index in [-0.39, 0.29) is 21.1 Å². The van der Waals surface area contributed by atoms with Crippen LogP contribution >= 0.6 is 0 Å². The van der Waals surface area contributed by atoms with Gasteiger partial charge in [0.2, 0.25) is 0 Å².